The fourth-order valence-electron chi connectivity index (χ4n) is 9.81. The van der Waals surface area contributed by atoms with Gasteiger partial charge < -0.3 is 14.4 Å². The number of benzene rings is 7. The second-order valence-electron chi connectivity index (χ2n) is 20.3. The summed E-state index contributed by atoms with van der Waals surface area (Å²) >= 11 is 3.79. The van der Waals surface area contributed by atoms with Gasteiger partial charge in [0.25, 0.3) is 6.71 Å². The van der Waals surface area contributed by atoms with Crippen molar-refractivity contribution in [3.05, 3.63) is 168 Å². The Bertz CT molecular complexity index is 3070. The fraction of sp³-hybridized carbons (Fsp3) is 0.214. The second-order valence-corrected chi connectivity index (χ2v) is 22.5. The topological polar surface area (TPSA) is 11.4 Å². The number of hydrogen-bond donors (Lipinski definition) is 0. The van der Waals surface area contributed by atoms with Gasteiger partial charge in [0.2, 0.25) is 0 Å². The van der Waals surface area contributed by atoms with E-state index in [9.17, 15) is 0 Å². The summed E-state index contributed by atoms with van der Waals surface area (Å²) in [6.45, 7) is 20.8. The standard InChI is InChI=1S/C56H52BN3S2/c1-54(2,3)35-22-27-39(28-23-35)58-43-31-26-37(56(7,8)9)32-42(43)57-51-44(58)18-15-19-45(51)59(40-29-24-36(25-30-40)55(4,5)6)52-41-33-49-50(62-48-21-14-13-20-47(48)61-49)34-46(41)60(53(52)57)38-16-11-10-12-17-38/h10-34H,1-9H3. The van der Waals surface area contributed by atoms with Gasteiger partial charge in [-0.15, -0.1) is 0 Å². The monoisotopic (exact) mass is 841 g/mol. The van der Waals surface area contributed by atoms with Crippen molar-refractivity contribution in [1.82, 2.24) is 4.57 Å². The Morgan fingerprint density at radius 1 is 0.419 bits per heavy atom. The minimum Gasteiger partial charge on any atom is -0.319 e. The molecule has 8 aromatic rings. The summed E-state index contributed by atoms with van der Waals surface area (Å²) in [5, 5.41) is 1.26. The van der Waals surface area contributed by atoms with E-state index in [1.807, 2.05) is 23.5 Å². The molecule has 0 saturated heterocycles. The molecule has 7 aromatic carbocycles. The Labute approximate surface area is 376 Å². The first-order valence-corrected chi connectivity index (χ1v) is 23.6. The normalized spacial score (nSPS) is 14.3. The molecule has 0 N–H and O–H groups in total. The predicted molar refractivity (Wildman–Crippen MR) is 268 cm³/mol. The van der Waals surface area contributed by atoms with Gasteiger partial charge in [0.1, 0.15) is 0 Å². The van der Waals surface area contributed by atoms with Crippen LogP contribution in [0.5, 0.6) is 0 Å². The number of aromatic nitrogens is 1. The van der Waals surface area contributed by atoms with Crippen molar-refractivity contribution in [2.24, 2.45) is 0 Å². The number of para-hydroxylation sites is 1. The summed E-state index contributed by atoms with van der Waals surface area (Å²) in [4.78, 5) is 10.4. The third-order valence-electron chi connectivity index (χ3n) is 13.1. The van der Waals surface area contributed by atoms with E-state index in [2.05, 4.69) is 228 Å². The molecule has 0 amide bonds. The van der Waals surface area contributed by atoms with E-state index in [1.165, 1.54) is 104 Å². The van der Waals surface area contributed by atoms with Gasteiger partial charge in [-0.3, -0.25) is 0 Å². The highest BCUT2D eigenvalue weighted by Crippen LogP contribution is 2.53. The van der Waals surface area contributed by atoms with Crippen LogP contribution in [0, 0.1) is 0 Å². The van der Waals surface area contributed by atoms with Crippen LogP contribution in [-0.2, 0) is 16.2 Å². The lowest BCUT2D eigenvalue weighted by Gasteiger charge is -2.44. The van der Waals surface area contributed by atoms with Crippen LogP contribution in [0.4, 0.5) is 34.1 Å². The Balaban J connectivity index is 1.27. The molecule has 4 heterocycles. The van der Waals surface area contributed by atoms with Crippen LogP contribution in [-0.4, -0.2) is 11.3 Å². The summed E-state index contributed by atoms with van der Waals surface area (Å²) in [5.41, 5.74) is 17.7. The minimum atomic E-state index is -0.0502. The van der Waals surface area contributed by atoms with Crippen LogP contribution in [0.3, 0.4) is 0 Å². The van der Waals surface area contributed by atoms with Gasteiger partial charge in [0.05, 0.1) is 11.2 Å². The molecule has 306 valence electrons. The van der Waals surface area contributed by atoms with Crippen molar-refractivity contribution >= 4 is 91.8 Å². The average Bonchev–Trinajstić information content (AvgIpc) is 3.57. The van der Waals surface area contributed by atoms with Gasteiger partial charge in [-0.25, -0.2) is 0 Å². The highest BCUT2D eigenvalue weighted by Gasteiger charge is 2.47. The van der Waals surface area contributed by atoms with Crippen molar-refractivity contribution in [3.63, 3.8) is 0 Å². The second kappa shape index (κ2) is 14.0. The Morgan fingerprint density at radius 2 is 0.935 bits per heavy atom. The maximum absolute atomic E-state index is 2.61. The van der Waals surface area contributed by atoms with Crippen molar-refractivity contribution in [3.8, 4) is 5.69 Å². The van der Waals surface area contributed by atoms with Crippen LogP contribution >= 0.6 is 23.5 Å². The summed E-state index contributed by atoms with van der Waals surface area (Å²) in [5.74, 6) is 0. The third kappa shape index (κ3) is 6.19. The molecule has 62 heavy (non-hydrogen) atoms. The lowest BCUT2D eigenvalue weighted by atomic mass is 9.34. The van der Waals surface area contributed by atoms with E-state index in [4.69, 9.17) is 0 Å². The zero-order valence-corrected chi connectivity index (χ0v) is 38.8. The maximum atomic E-state index is 2.61. The largest absolute Gasteiger partial charge is 0.319 e. The van der Waals surface area contributed by atoms with Gasteiger partial charge in [0.15, 0.2) is 0 Å². The van der Waals surface area contributed by atoms with E-state index in [1.54, 1.807) is 0 Å². The van der Waals surface area contributed by atoms with E-state index in [0.717, 1.165) is 0 Å². The Morgan fingerprint density at radius 3 is 1.52 bits per heavy atom. The number of fused-ring (bicyclic) bond motifs is 8. The molecule has 0 spiro atoms. The van der Waals surface area contributed by atoms with Crippen molar-refractivity contribution in [2.75, 3.05) is 9.80 Å². The first-order chi connectivity index (χ1) is 29.6. The van der Waals surface area contributed by atoms with Gasteiger partial charge in [-0.1, -0.05) is 159 Å². The van der Waals surface area contributed by atoms with Gasteiger partial charge >= 0.3 is 0 Å². The Hall–Kier alpha value is -5.56. The molecule has 0 fully saturated rings. The fourth-order valence-corrected chi connectivity index (χ4v) is 12.1. The van der Waals surface area contributed by atoms with Gasteiger partial charge in [0, 0.05) is 64.7 Å². The molecule has 0 radical (unpaired) electrons. The molecular formula is C56H52BN3S2. The highest BCUT2D eigenvalue weighted by atomic mass is 32.2. The minimum absolute atomic E-state index is 0.0354. The smallest absolute Gasteiger partial charge is 0.273 e. The molecule has 0 saturated carbocycles. The number of nitrogens with zero attached hydrogens (tertiary/aromatic N) is 3. The summed E-state index contributed by atoms with van der Waals surface area (Å²) in [7, 11) is 0. The lowest BCUT2D eigenvalue weighted by molar-refractivity contribution is 0.590. The van der Waals surface area contributed by atoms with Crippen LogP contribution in [0.15, 0.2) is 171 Å². The number of hydrogen-bond acceptors (Lipinski definition) is 4. The first-order valence-electron chi connectivity index (χ1n) is 22.0. The lowest BCUT2D eigenvalue weighted by Crippen LogP contribution is -2.63. The highest BCUT2D eigenvalue weighted by molar-refractivity contribution is 8.05. The molecule has 3 aliphatic heterocycles. The summed E-state index contributed by atoms with van der Waals surface area (Å²) in [6, 6.07) is 57.9. The van der Waals surface area contributed by atoms with Crippen LogP contribution in [0.1, 0.15) is 79.0 Å². The zero-order chi connectivity index (χ0) is 42.9. The molecule has 0 aliphatic carbocycles. The molecule has 6 heteroatoms. The third-order valence-corrected chi connectivity index (χ3v) is 15.6. The number of anilines is 6. The van der Waals surface area contributed by atoms with Crippen molar-refractivity contribution in [2.45, 2.75) is 98.1 Å². The SMILES string of the molecule is CC(C)(C)c1ccc(N2c3ccc(C(C)(C)C)cc3B3c4c2cccc4N(c2ccc(C(C)(C)C)cc2)c2c3n(-c3ccccc3)c3cc4c(cc23)Sc2ccccc2S4)cc1. The van der Waals surface area contributed by atoms with Crippen molar-refractivity contribution < 1.29 is 0 Å². The average molecular weight is 842 g/mol. The summed E-state index contributed by atoms with van der Waals surface area (Å²) in [6.07, 6.45) is 0. The molecule has 0 unspecified atom stereocenters. The molecule has 11 rings (SSSR count). The number of rotatable bonds is 3. The quantitative estimate of drug-likeness (QED) is 0.164. The summed E-state index contributed by atoms with van der Waals surface area (Å²) < 4.78 is 2.61. The van der Waals surface area contributed by atoms with E-state index >= 15 is 0 Å². The zero-order valence-electron chi connectivity index (χ0n) is 37.2. The van der Waals surface area contributed by atoms with Crippen LogP contribution < -0.4 is 26.3 Å². The molecular weight excluding hydrogens is 790 g/mol. The van der Waals surface area contributed by atoms with Crippen LogP contribution in [0.25, 0.3) is 16.6 Å². The first kappa shape index (κ1) is 39.3. The van der Waals surface area contributed by atoms with Crippen molar-refractivity contribution in [1.29, 1.82) is 0 Å². The molecule has 1 aromatic heterocycles. The predicted octanol–water partition coefficient (Wildman–Crippen LogP) is 14.2. The molecule has 0 bridgehead atoms. The van der Waals surface area contributed by atoms with E-state index in [0.29, 0.717) is 0 Å². The maximum Gasteiger partial charge on any atom is 0.273 e. The van der Waals surface area contributed by atoms with E-state index < -0.39 is 0 Å². The molecule has 3 aliphatic rings. The van der Waals surface area contributed by atoms with Gasteiger partial charge in [-0.2, -0.15) is 0 Å². The van der Waals surface area contributed by atoms with E-state index in [-0.39, 0.29) is 23.0 Å². The molecule has 0 atom stereocenters. The molecule has 3 nitrogen and oxygen atoms in total. The van der Waals surface area contributed by atoms with Gasteiger partial charge in [-0.05, 0) is 123 Å². The van der Waals surface area contributed by atoms with Crippen LogP contribution in [0.2, 0.25) is 0 Å². The Kier molecular flexibility index (Phi) is 8.86.